The molecule has 112 valence electrons. The number of nitrogens with zero attached hydrogens (tertiary/aromatic N) is 3. The van der Waals surface area contributed by atoms with Crippen LogP contribution in [0.2, 0.25) is 0 Å². The zero-order valence-electron chi connectivity index (χ0n) is 12.2. The molecule has 7 nitrogen and oxygen atoms in total. The fourth-order valence-corrected chi connectivity index (χ4v) is 1.86. The number of carbonyl (C=O) groups is 1. The lowest BCUT2D eigenvalue weighted by atomic mass is 10.1. The number of hydrogen-bond acceptors (Lipinski definition) is 6. The van der Waals surface area contributed by atoms with Crippen molar-refractivity contribution in [1.82, 2.24) is 20.4 Å². The quantitative estimate of drug-likeness (QED) is 0.801. The van der Waals surface area contributed by atoms with Crippen molar-refractivity contribution in [3.05, 3.63) is 35.6 Å². The Labute approximate surface area is 123 Å². The lowest BCUT2D eigenvalue weighted by Crippen LogP contribution is -2.26. The van der Waals surface area contributed by atoms with Crippen LogP contribution in [-0.2, 0) is 12.8 Å². The van der Waals surface area contributed by atoms with Crippen LogP contribution < -0.4 is 10.6 Å². The van der Waals surface area contributed by atoms with Gasteiger partial charge in [0.1, 0.15) is 5.82 Å². The lowest BCUT2D eigenvalue weighted by molar-refractivity contribution is 0.0953. The van der Waals surface area contributed by atoms with Crippen LogP contribution in [0.15, 0.2) is 23.0 Å². The molecule has 7 heteroatoms. The Kier molecular flexibility index (Phi) is 5.25. The Hall–Kier alpha value is -2.44. The van der Waals surface area contributed by atoms with Gasteiger partial charge < -0.3 is 15.2 Å². The number of rotatable bonds is 7. The van der Waals surface area contributed by atoms with E-state index < -0.39 is 0 Å². The van der Waals surface area contributed by atoms with Crippen LogP contribution >= 0.6 is 0 Å². The van der Waals surface area contributed by atoms with Gasteiger partial charge in [-0.05, 0) is 25.5 Å². The standard InChI is InChI=1S/C14H19N5O2/c1-3-11-7-10(8-13(18-11)15-4-2)14(20)16-6-5-12-17-9-21-19-12/h7-9H,3-6H2,1-2H3,(H,15,18)(H,16,20). The molecular weight excluding hydrogens is 270 g/mol. The minimum atomic E-state index is -0.130. The van der Waals surface area contributed by atoms with Crippen molar-refractivity contribution in [3.63, 3.8) is 0 Å². The summed E-state index contributed by atoms with van der Waals surface area (Å²) >= 11 is 0. The third-order valence-corrected chi connectivity index (χ3v) is 2.90. The van der Waals surface area contributed by atoms with Gasteiger partial charge in [0.15, 0.2) is 5.82 Å². The minimum Gasteiger partial charge on any atom is -0.370 e. The number of amides is 1. The third kappa shape index (κ3) is 4.27. The molecule has 0 saturated heterocycles. The molecule has 2 heterocycles. The van der Waals surface area contributed by atoms with Gasteiger partial charge in [-0.1, -0.05) is 12.1 Å². The summed E-state index contributed by atoms with van der Waals surface area (Å²) in [7, 11) is 0. The van der Waals surface area contributed by atoms with Gasteiger partial charge >= 0.3 is 0 Å². The van der Waals surface area contributed by atoms with Gasteiger partial charge in [0, 0.05) is 30.8 Å². The predicted octanol–water partition coefficient (Wildman–Crippen LogP) is 1.43. The second kappa shape index (κ2) is 7.37. The van der Waals surface area contributed by atoms with Crippen LogP contribution in [0.5, 0.6) is 0 Å². The molecule has 2 aromatic rings. The first-order valence-electron chi connectivity index (χ1n) is 7.01. The van der Waals surface area contributed by atoms with Gasteiger partial charge in [0.25, 0.3) is 5.91 Å². The summed E-state index contributed by atoms with van der Waals surface area (Å²) < 4.78 is 4.64. The molecule has 0 aliphatic heterocycles. The fraction of sp³-hybridized carbons (Fsp3) is 0.429. The Morgan fingerprint density at radius 2 is 2.19 bits per heavy atom. The maximum atomic E-state index is 12.2. The van der Waals surface area contributed by atoms with E-state index in [1.54, 1.807) is 6.07 Å². The maximum absolute atomic E-state index is 12.2. The smallest absolute Gasteiger partial charge is 0.251 e. The van der Waals surface area contributed by atoms with E-state index in [9.17, 15) is 4.79 Å². The van der Waals surface area contributed by atoms with Crippen molar-refractivity contribution in [3.8, 4) is 0 Å². The van der Waals surface area contributed by atoms with Crippen LogP contribution in [0.1, 0.15) is 35.7 Å². The molecule has 0 fully saturated rings. The van der Waals surface area contributed by atoms with E-state index in [1.807, 2.05) is 19.9 Å². The summed E-state index contributed by atoms with van der Waals surface area (Å²) in [5, 5.41) is 9.67. The van der Waals surface area contributed by atoms with Gasteiger partial charge in [-0.25, -0.2) is 4.98 Å². The highest BCUT2D eigenvalue weighted by Crippen LogP contribution is 2.11. The number of hydrogen-bond donors (Lipinski definition) is 2. The van der Waals surface area contributed by atoms with E-state index in [-0.39, 0.29) is 5.91 Å². The molecule has 0 bridgehead atoms. The number of nitrogens with one attached hydrogen (secondary N) is 2. The van der Waals surface area contributed by atoms with E-state index in [2.05, 4.69) is 30.3 Å². The highest BCUT2D eigenvalue weighted by molar-refractivity contribution is 5.95. The molecule has 0 aliphatic rings. The topological polar surface area (TPSA) is 92.9 Å². The number of carbonyl (C=O) groups excluding carboxylic acids is 1. The van der Waals surface area contributed by atoms with E-state index in [0.717, 1.165) is 24.5 Å². The molecule has 0 aliphatic carbocycles. The predicted molar refractivity (Wildman–Crippen MR) is 78.1 cm³/mol. The molecule has 0 saturated carbocycles. The van der Waals surface area contributed by atoms with E-state index in [1.165, 1.54) is 6.39 Å². The number of anilines is 1. The Morgan fingerprint density at radius 3 is 2.86 bits per heavy atom. The summed E-state index contributed by atoms with van der Waals surface area (Å²) in [6.07, 6.45) is 2.59. The SMILES string of the molecule is CCNc1cc(C(=O)NCCc2ncon2)cc(CC)n1. The van der Waals surface area contributed by atoms with Crippen molar-refractivity contribution in [1.29, 1.82) is 0 Å². The van der Waals surface area contributed by atoms with Crippen molar-refractivity contribution in [2.75, 3.05) is 18.4 Å². The molecule has 0 aromatic carbocycles. The second-order valence-corrected chi connectivity index (χ2v) is 4.47. The molecule has 2 N–H and O–H groups in total. The Balaban J connectivity index is 1.98. The monoisotopic (exact) mass is 289 g/mol. The first-order valence-corrected chi connectivity index (χ1v) is 7.01. The molecule has 2 aromatic heterocycles. The van der Waals surface area contributed by atoms with Crippen LogP contribution in [0.3, 0.4) is 0 Å². The molecule has 21 heavy (non-hydrogen) atoms. The lowest BCUT2D eigenvalue weighted by Gasteiger charge is -2.09. The average molecular weight is 289 g/mol. The van der Waals surface area contributed by atoms with Crippen molar-refractivity contribution in [2.45, 2.75) is 26.7 Å². The molecule has 0 radical (unpaired) electrons. The summed E-state index contributed by atoms with van der Waals surface area (Å²) in [6.45, 7) is 5.22. The summed E-state index contributed by atoms with van der Waals surface area (Å²) in [5.74, 6) is 1.17. The molecule has 0 spiro atoms. The normalized spacial score (nSPS) is 10.4. The van der Waals surface area contributed by atoms with Gasteiger partial charge in [-0.3, -0.25) is 4.79 Å². The molecular formula is C14H19N5O2. The fourth-order valence-electron chi connectivity index (χ4n) is 1.86. The van der Waals surface area contributed by atoms with Gasteiger partial charge in [-0.2, -0.15) is 4.98 Å². The second-order valence-electron chi connectivity index (χ2n) is 4.47. The molecule has 2 rings (SSSR count). The Bertz CT molecular complexity index is 583. The van der Waals surface area contributed by atoms with Crippen LogP contribution in [0, 0.1) is 0 Å². The van der Waals surface area contributed by atoms with Gasteiger partial charge in [-0.15, -0.1) is 0 Å². The van der Waals surface area contributed by atoms with Crippen LogP contribution in [0.25, 0.3) is 0 Å². The number of aryl methyl sites for hydroxylation is 1. The van der Waals surface area contributed by atoms with Crippen molar-refractivity contribution in [2.24, 2.45) is 0 Å². The third-order valence-electron chi connectivity index (χ3n) is 2.90. The first-order chi connectivity index (χ1) is 10.2. The maximum Gasteiger partial charge on any atom is 0.251 e. The van der Waals surface area contributed by atoms with Crippen LogP contribution in [-0.4, -0.2) is 34.1 Å². The van der Waals surface area contributed by atoms with E-state index in [0.29, 0.717) is 24.4 Å². The Morgan fingerprint density at radius 1 is 1.33 bits per heavy atom. The van der Waals surface area contributed by atoms with E-state index >= 15 is 0 Å². The molecule has 1 amide bonds. The first kappa shape index (κ1) is 15.0. The van der Waals surface area contributed by atoms with Crippen molar-refractivity contribution >= 4 is 11.7 Å². The minimum absolute atomic E-state index is 0.130. The highest BCUT2D eigenvalue weighted by Gasteiger charge is 2.09. The summed E-state index contributed by atoms with van der Waals surface area (Å²) in [5.41, 5.74) is 1.49. The van der Waals surface area contributed by atoms with E-state index in [4.69, 9.17) is 0 Å². The average Bonchev–Trinajstić information content (AvgIpc) is 3.00. The largest absolute Gasteiger partial charge is 0.370 e. The summed E-state index contributed by atoms with van der Waals surface area (Å²) in [6, 6.07) is 3.57. The summed E-state index contributed by atoms with van der Waals surface area (Å²) in [4.78, 5) is 20.5. The molecule has 0 atom stereocenters. The van der Waals surface area contributed by atoms with Crippen molar-refractivity contribution < 1.29 is 9.32 Å². The molecule has 0 unspecified atom stereocenters. The van der Waals surface area contributed by atoms with Crippen LogP contribution in [0.4, 0.5) is 5.82 Å². The number of pyridine rings is 1. The zero-order chi connectivity index (χ0) is 15.1. The zero-order valence-corrected chi connectivity index (χ0v) is 12.2. The number of aromatic nitrogens is 3. The van der Waals surface area contributed by atoms with Gasteiger partial charge in [0.05, 0.1) is 0 Å². The highest BCUT2D eigenvalue weighted by atomic mass is 16.5. The van der Waals surface area contributed by atoms with Gasteiger partial charge in [0.2, 0.25) is 6.39 Å².